The second-order valence-corrected chi connectivity index (χ2v) is 13.3. The largest absolute Gasteiger partial charge is 0.466 e. The molecule has 0 heterocycles. The van der Waals surface area contributed by atoms with Crippen LogP contribution in [0, 0.1) is 17.3 Å². The monoisotopic (exact) mass is 294 g/mol. The van der Waals surface area contributed by atoms with Gasteiger partial charge in [-0.25, -0.2) is 4.79 Å². The van der Waals surface area contributed by atoms with E-state index in [4.69, 9.17) is 4.74 Å². The zero-order chi connectivity index (χ0) is 15.3. The van der Waals surface area contributed by atoms with Crippen LogP contribution >= 0.6 is 0 Å². The van der Waals surface area contributed by atoms with Crippen molar-refractivity contribution in [1.82, 2.24) is 0 Å². The van der Waals surface area contributed by atoms with Gasteiger partial charge in [0.25, 0.3) is 0 Å². The normalized spacial score (nSPS) is 35.1. The van der Waals surface area contributed by atoms with Crippen LogP contribution in [-0.4, -0.2) is 20.3 Å². The van der Waals surface area contributed by atoms with Gasteiger partial charge in [-0.15, -0.1) is 0 Å². The van der Waals surface area contributed by atoms with Crippen LogP contribution < -0.4 is 0 Å². The van der Waals surface area contributed by atoms with E-state index in [0.717, 1.165) is 11.8 Å². The Morgan fingerprint density at radius 3 is 2.40 bits per heavy atom. The van der Waals surface area contributed by atoms with Gasteiger partial charge in [-0.1, -0.05) is 46.9 Å². The summed E-state index contributed by atoms with van der Waals surface area (Å²) < 4.78 is 5.58. The topological polar surface area (TPSA) is 26.3 Å². The first-order valence-corrected chi connectivity index (χ1v) is 11.1. The van der Waals surface area contributed by atoms with Gasteiger partial charge < -0.3 is 4.74 Å². The number of carbonyl (C=O) groups is 1. The van der Waals surface area contributed by atoms with Crippen LogP contribution in [0.2, 0.25) is 18.1 Å². The minimum atomic E-state index is -1.65. The van der Waals surface area contributed by atoms with Crippen molar-refractivity contribution < 1.29 is 9.53 Å². The number of hydrogen-bond acceptors (Lipinski definition) is 2. The molecule has 3 heteroatoms. The Balaban J connectivity index is 2.19. The van der Waals surface area contributed by atoms with Crippen molar-refractivity contribution in [2.24, 2.45) is 17.3 Å². The Hall–Kier alpha value is -0.573. The van der Waals surface area contributed by atoms with Crippen molar-refractivity contribution in [2.75, 3.05) is 6.23 Å². The van der Waals surface area contributed by atoms with Crippen LogP contribution in [0.3, 0.4) is 0 Å². The Morgan fingerprint density at radius 2 is 1.95 bits per heavy atom. The summed E-state index contributed by atoms with van der Waals surface area (Å²) in [7, 11) is -1.65. The molecule has 0 radical (unpaired) electrons. The van der Waals surface area contributed by atoms with Gasteiger partial charge in [0, 0.05) is 5.57 Å². The molecule has 2 nitrogen and oxygen atoms in total. The summed E-state index contributed by atoms with van der Waals surface area (Å²) in [4.78, 5) is 11.7. The van der Waals surface area contributed by atoms with Crippen LogP contribution in [0.4, 0.5) is 0 Å². The molecule has 3 unspecified atom stereocenters. The lowest BCUT2D eigenvalue weighted by Gasteiger charge is -2.73. The van der Waals surface area contributed by atoms with Gasteiger partial charge in [-0.2, -0.15) is 0 Å². The first-order chi connectivity index (χ1) is 9.06. The van der Waals surface area contributed by atoms with Crippen molar-refractivity contribution in [3.05, 3.63) is 12.2 Å². The van der Waals surface area contributed by atoms with Crippen LogP contribution in [0.1, 0.15) is 47.0 Å². The number of carbonyl (C=O) groups excluding carboxylic acids is 1. The highest BCUT2D eigenvalue weighted by Gasteiger charge is 2.70. The first kappa shape index (κ1) is 15.8. The third-order valence-corrected chi connectivity index (χ3v) is 11.3. The van der Waals surface area contributed by atoms with Crippen molar-refractivity contribution in [1.29, 1.82) is 0 Å². The van der Waals surface area contributed by atoms with Crippen LogP contribution in [0.25, 0.3) is 0 Å². The highest BCUT2D eigenvalue weighted by atomic mass is 28.3. The van der Waals surface area contributed by atoms with E-state index in [1.807, 2.05) is 0 Å². The predicted octanol–water partition coefficient (Wildman–Crippen LogP) is 4.57. The molecule has 3 rings (SSSR count). The van der Waals surface area contributed by atoms with Gasteiger partial charge in [0.2, 0.25) is 0 Å². The van der Waals surface area contributed by atoms with Gasteiger partial charge in [0.05, 0.1) is 14.3 Å². The fraction of sp³-hybridized carbons (Fsp3) is 0.824. The van der Waals surface area contributed by atoms with E-state index in [1.165, 1.54) is 19.3 Å². The maximum Gasteiger partial charge on any atom is 0.332 e. The molecule has 0 amide bonds. The zero-order valence-corrected chi connectivity index (χ0v) is 15.0. The Labute approximate surface area is 125 Å². The Kier molecular flexibility index (Phi) is 3.73. The number of rotatable bonds is 4. The van der Waals surface area contributed by atoms with E-state index < -0.39 is 8.07 Å². The Bertz CT molecular complexity index is 438. The van der Waals surface area contributed by atoms with Crippen molar-refractivity contribution in [3.63, 3.8) is 0 Å². The molecule has 0 aromatic carbocycles. The van der Waals surface area contributed by atoms with Crippen molar-refractivity contribution in [3.8, 4) is 0 Å². The molecule has 3 atom stereocenters. The van der Waals surface area contributed by atoms with Gasteiger partial charge in [-0.05, 0) is 42.1 Å². The molecule has 3 aliphatic rings. The predicted molar refractivity (Wildman–Crippen MR) is 86.2 cm³/mol. The van der Waals surface area contributed by atoms with Gasteiger partial charge in [0.1, 0.15) is 0 Å². The quantitative estimate of drug-likeness (QED) is 0.431. The van der Waals surface area contributed by atoms with Crippen molar-refractivity contribution >= 4 is 14.0 Å². The van der Waals surface area contributed by atoms with E-state index in [0.29, 0.717) is 22.3 Å². The molecule has 0 saturated heterocycles. The minimum Gasteiger partial charge on any atom is -0.466 e. The third kappa shape index (κ3) is 1.92. The lowest BCUT2D eigenvalue weighted by atomic mass is 9.45. The molecule has 114 valence electrons. The summed E-state index contributed by atoms with van der Waals surface area (Å²) in [5.74, 6) is 1.41. The van der Waals surface area contributed by atoms with E-state index in [1.54, 1.807) is 6.92 Å². The fourth-order valence-corrected chi connectivity index (χ4v) is 10.4. The molecular weight excluding hydrogens is 264 g/mol. The second-order valence-electron chi connectivity index (χ2n) is 8.31. The SMILES string of the molecule is C=C(C)C(=O)OC[Si](C)(C)C12CC(CCC1C)C2(C)C. The second kappa shape index (κ2) is 4.72. The molecular formula is C17H30O2Si. The zero-order valence-electron chi connectivity index (χ0n) is 14.0. The molecule has 3 saturated carbocycles. The number of esters is 1. The van der Waals surface area contributed by atoms with Crippen LogP contribution in [-0.2, 0) is 9.53 Å². The molecule has 0 aromatic heterocycles. The van der Waals surface area contributed by atoms with E-state index in [2.05, 4.69) is 40.4 Å². The molecule has 0 spiro atoms. The molecule has 0 N–H and O–H groups in total. The summed E-state index contributed by atoms with van der Waals surface area (Å²) >= 11 is 0. The molecule has 2 bridgehead atoms. The maximum absolute atomic E-state index is 11.7. The van der Waals surface area contributed by atoms with E-state index in [9.17, 15) is 4.79 Å². The molecule has 20 heavy (non-hydrogen) atoms. The highest BCUT2D eigenvalue weighted by Crippen LogP contribution is 2.78. The van der Waals surface area contributed by atoms with Gasteiger partial charge in [0.15, 0.2) is 0 Å². The fourth-order valence-electron chi connectivity index (χ4n) is 5.45. The molecule has 3 fully saturated rings. The number of ether oxygens (including phenoxy) is 1. The van der Waals surface area contributed by atoms with Crippen LogP contribution in [0.5, 0.6) is 0 Å². The highest BCUT2D eigenvalue weighted by molar-refractivity contribution is 6.81. The minimum absolute atomic E-state index is 0.223. The number of hydrogen-bond donors (Lipinski definition) is 0. The molecule has 0 aliphatic heterocycles. The summed E-state index contributed by atoms with van der Waals surface area (Å²) in [5.41, 5.74) is 0.922. The smallest absolute Gasteiger partial charge is 0.332 e. The average Bonchev–Trinajstić information content (AvgIpc) is 2.34. The summed E-state index contributed by atoms with van der Waals surface area (Å²) in [6.45, 7) is 17.6. The summed E-state index contributed by atoms with van der Waals surface area (Å²) in [6, 6.07) is 0. The lowest BCUT2D eigenvalue weighted by molar-refractivity contribution is -0.138. The maximum atomic E-state index is 11.7. The summed E-state index contributed by atoms with van der Waals surface area (Å²) in [6.07, 6.45) is 4.72. The average molecular weight is 295 g/mol. The van der Waals surface area contributed by atoms with E-state index in [-0.39, 0.29) is 5.97 Å². The van der Waals surface area contributed by atoms with Gasteiger partial charge in [-0.3, -0.25) is 0 Å². The summed E-state index contributed by atoms with van der Waals surface area (Å²) in [5, 5.41) is 0.429. The molecule has 0 aromatic rings. The number of fused-ring (bicyclic) bond motifs is 2. The standard InChI is InChI=1S/C17H30O2Si/c1-12(2)15(18)19-11-20(6,7)17-10-14(16(17,4)5)9-8-13(17)3/h13-14H,1,8-11H2,2-7H3. The van der Waals surface area contributed by atoms with E-state index >= 15 is 0 Å². The van der Waals surface area contributed by atoms with Gasteiger partial charge >= 0.3 is 5.97 Å². The van der Waals surface area contributed by atoms with Crippen LogP contribution in [0.15, 0.2) is 12.2 Å². The van der Waals surface area contributed by atoms with Crippen molar-refractivity contribution in [2.45, 2.75) is 65.1 Å². The first-order valence-electron chi connectivity index (χ1n) is 7.89. The third-order valence-electron chi connectivity index (χ3n) is 6.65. The lowest BCUT2D eigenvalue weighted by Crippen LogP contribution is -2.68. The Morgan fingerprint density at radius 1 is 1.35 bits per heavy atom. The molecule has 3 aliphatic carbocycles.